The number of anilines is 2. The van der Waals surface area contributed by atoms with Crippen molar-refractivity contribution >= 4 is 29.1 Å². The molecule has 1 atom stereocenters. The topological polar surface area (TPSA) is 82.9 Å². The second-order valence-corrected chi connectivity index (χ2v) is 7.85. The zero-order chi connectivity index (χ0) is 21.6. The second kappa shape index (κ2) is 7.12. The number of nitrogens with zero attached hydrogens (tertiary/aromatic N) is 2. The lowest BCUT2D eigenvalue weighted by molar-refractivity contribution is -0.129. The fourth-order valence-corrected chi connectivity index (χ4v) is 4.43. The summed E-state index contributed by atoms with van der Waals surface area (Å²) >= 11 is 0. The van der Waals surface area contributed by atoms with E-state index in [-0.39, 0.29) is 31.2 Å². The smallest absolute Gasteiger partial charge is 0.271 e. The van der Waals surface area contributed by atoms with Crippen molar-refractivity contribution in [2.75, 3.05) is 10.2 Å². The molecule has 3 amide bonds. The molecule has 3 aromatic rings. The number of carbonyl (C=O) groups excluding carboxylic acids is 3. The maximum atomic E-state index is 13.8. The third kappa shape index (κ3) is 2.92. The summed E-state index contributed by atoms with van der Waals surface area (Å²) in [5.74, 6) is -0.383. The summed E-state index contributed by atoms with van der Waals surface area (Å²) in [6, 6.07) is 17.8. The molecule has 0 saturated carbocycles. The van der Waals surface area contributed by atoms with Crippen LogP contribution < -0.4 is 10.2 Å². The summed E-state index contributed by atoms with van der Waals surface area (Å²) in [6.07, 6.45) is 1.89. The average molecular weight is 415 g/mol. The third-order valence-corrected chi connectivity index (χ3v) is 5.94. The quantitative estimate of drug-likeness (QED) is 0.704. The molecule has 2 aromatic carbocycles. The zero-order valence-electron chi connectivity index (χ0n) is 17.0. The number of hydrogen-bond donors (Lipinski definition) is 1. The average Bonchev–Trinajstić information content (AvgIpc) is 3.41. The molecule has 0 bridgehead atoms. The molecule has 7 nitrogen and oxygen atoms in total. The fraction of sp³-hybridized carbons (Fsp3) is 0.208. The Hall–Kier alpha value is -3.87. The van der Waals surface area contributed by atoms with Crippen LogP contribution in [0.5, 0.6) is 0 Å². The predicted octanol–water partition coefficient (Wildman–Crippen LogP) is 3.71. The van der Waals surface area contributed by atoms with Gasteiger partial charge in [0.05, 0.1) is 24.1 Å². The van der Waals surface area contributed by atoms with E-state index in [0.29, 0.717) is 22.7 Å². The summed E-state index contributed by atoms with van der Waals surface area (Å²) in [5, 5.41) is 2.93. The van der Waals surface area contributed by atoms with E-state index in [4.69, 9.17) is 4.42 Å². The van der Waals surface area contributed by atoms with Crippen molar-refractivity contribution < 1.29 is 18.8 Å². The molecule has 156 valence electrons. The molecule has 1 fully saturated rings. The van der Waals surface area contributed by atoms with Crippen LogP contribution in [0, 0.1) is 6.92 Å². The van der Waals surface area contributed by atoms with Gasteiger partial charge >= 0.3 is 0 Å². The minimum absolute atomic E-state index is 0.0747. The molecule has 7 heteroatoms. The maximum Gasteiger partial charge on any atom is 0.271 e. The molecule has 31 heavy (non-hydrogen) atoms. The highest BCUT2D eigenvalue weighted by atomic mass is 16.3. The summed E-state index contributed by atoms with van der Waals surface area (Å²) in [5.41, 5.74) is 1.05. The first-order valence-electron chi connectivity index (χ1n) is 10.2. The van der Waals surface area contributed by atoms with Crippen molar-refractivity contribution in [3.63, 3.8) is 0 Å². The van der Waals surface area contributed by atoms with Crippen LogP contribution in [0.1, 0.15) is 34.5 Å². The Morgan fingerprint density at radius 3 is 2.58 bits per heavy atom. The fourth-order valence-electron chi connectivity index (χ4n) is 4.43. The molecule has 5 rings (SSSR count). The molecule has 0 spiro atoms. The number of hydrogen-bond acceptors (Lipinski definition) is 4. The highest BCUT2D eigenvalue weighted by Gasteiger charge is 2.61. The first kappa shape index (κ1) is 19.1. The van der Waals surface area contributed by atoms with E-state index in [1.807, 2.05) is 19.1 Å². The zero-order valence-corrected chi connectivity index (χ0v) is 17.0. The number of rotatable bonds is 4. The highest BCUT2D eigenvalue weighted by Crippen LogP contribution is 2.45. The van der Waals surface area contributed by atoms with Crippen molar-refractivity contribution in [2.45, 2.75) is 32.0 Å². The van der Waals surface area contributed by atoms with Crippen molar-refractivity contribution in [1.82, 2.24) is 4.90 Å². The molecule has 2 aliphatic heterocycles. The van der Waals surface area contributed by atoms with Crippen LogP contribution in [0.25, 0.3) is 0 Å². The predicted molar refractivity (Wildman–Crippen MR) is 114 cm³/mol. The van der Waals surface area contributed by atoms with Crippen molar-refractivity contribution in [1.29, 1.82) is 0 Å². The Balaban J connectivity index is 1.64. The molecule has 3 heterocycles. The van der Waals surface area contributed by atoms with Gasteiger partial charge in [-0.05, 0) is 43.3 Å². The summed E-state index contributed by atoms with van der Waals surface area (Å²) in [7, 11) is 0. The standard InChI is InChI=1S/C24H21N3O4/c1-16-8-10-17(11-9-16)25-23(30)24-13-12-21(28)27(24)20-7-3-2-6-19(20)22(29)26(24)15-18-5-4-14-31-18/h2-11,14H,12-13,15H2,1H3,(H,25,30)/t24-/m1/s1. The number of para-hydroxylation sites is 1. The van der Waals surface area contributed by atoms with Crippen LogP contribution in [0.15, 0.2) is 71.3 Å². The van der Waals surface area contributed by atoms with Crippen molar-refractivity contribution in [2.24, 2.45) is 0 Å². The number of amides is 3. The molecule has 1 N–H and O–H groups in total. The van der Waals surface area contributed by atoms with Crippen molar-refractivity contribution in [3.05, 3.63) is 83.8 Å². The van der Waals surface area contributed by atoms with Crippen LogP contribution in [-0.4, -0.2) is 28.3 Å². The lowest BCUT2D eigenvalue weighted by Crippen LogP contribution is -2.69. The number of furan rings is 1. The first-order valence-corrected chi connectivity index (χ1v) is 10.2. The van der Waals surface area contributed by atoms with E-state index in [2.05, 4.69) is 5.32 Å². The molecule has 1 aromatic heterocycles. The maximum absolute atomic E-state index is 13.8. The van der Waals surface area contributed by atoms with Gasteiger partial charge in [-0.15, -0.1) is 0 Å². The molecule has 0 radical (unpaired) electrons. The molecule has 0 aliphatic carbocycles. The van der Waals surface area contributed by atoms with Crippen LogP contribution >= 0.6 is 0 Å². The molecular weight excluding hydrogens is 394 g/mol. The van der Waals surface area contributed by atoms with Crippen LogP contribution in [0.3, 0.4) is 0 Å². The first-order chi connectivity index (χ1) is 15.0. The number of fused-ring (bicyclic) bond motifs is 3. The molecular formula is C24H21N3O4. The number of aryl methyl sites for hydroxylation is 1. The largest absolute Gasteiger partial charge is 0.467 e. The highest BCUT2D eigenvalue weighted by molar-refractivity contribution is 6.18. The minimum atomic E-state index is -1.47. The van der Waals surface area contributed by atoms with E-state index < -0.39 is 11.6 Å². The van der Waals surface area contributed by atoms with Gasteiger partial charge in [0.25, 0.3) is 11.8 Å². The Kier molecular flexibility index (Phi) is 4.39. The van der Waals surface area contributed by atoms with Gasteiger partial charge in [-0.3, -0.25) is 24.2 Å². The van der Waals surface area contributed by atoms with Gasteiger partial charge in [0.2, 0.25) is 11.6 Å². The van der Waals surface area contributed by atoms with Gasteiger partial charge in [0.1, 0.15) is 5.76 Å². The number of carbonyl (C=O) groups is 3. The normalized spacial score (nSPS) is 19.9. The second-order valence-electron chi connectivity index (χ2n) is 7.85. The van der Waals surface area contributed by atoms with Crippen LogP contribution in [0.4, 0.5) is 11.4 Å². The van der Waals surface area contributed by atoms with E-state index >= 15 is 0 Å². The van der Waals surface area contributed by atoms with E-state index in [0.717, 1.165) is 5.56 Å². The summed E-state index contributed by atoms with van der Waals surface area (Å²) < 4.78 is 5.48. The lowest BCUT2D eigenvalue weighted by Gasteiger charge is -2.48. The van der Waals surface area contributed by atoms with Crippen LogP contribution in [-0.2, 0) is 16.1 Å². The Morgan fingerprint density at radius 1 is 1.06 bits per heavy atom. The SMILES string of the molecule is Cc1ccc(NC(=O)[C@@]23CCC(=O)N2c2ccccc2C(=O)N3Cc2ccco2)cc1. The summed E-state index contributed by atoms with van der Waals surface area (Å²) in [4.78, 5) is 43.3. The Bertz CT molecular complexity index is 1170. The van der Waals surface area contributed by atoms with Gasteiger partial charge in [-0.1, -0.05) is 29.8 Å². The monoisotopic (exact) mass is 415 g/mol. The van der Waals surface area contributed by atoms with E-state index in [1.54, 1.807) is 48.5 Å². The van der Waals surface area contributed by atoms with Gasteiger partial charge in [0.15, 0.2) is 0 Å². The number of nitrogens with one attached hydrogen (secondary N) is 1. The minimum Gasteiger partial charge on any atom is -0.467 e. The Morgan fingerprint density at radius 2 is 1.84 bits per heavy atom. The Labute approximate surface area is 179 Å². The summed E-state index contributed by atoms with van der Waals surface area (Å²) in [6.45, 7) is 2.04. The lowest BCUT2D eigenvalue weighted by atomic mass is 9.95. The van der Waals surface area contributed by atoms with Gasteiger partial charge in [-0.2, -0.15) is 0 Å². The third-order valence-electron chi connectivity index (χ3n) is 5.94. The van der Waals surface area contributed by atoms with Crippen molar-refractivity contribution in [3.8, 4) is 0 Å². The van der Waals surface area contributed by atoms with Crippen LogP contribution in [0.2, 0.25) is 0 Å². The molecule has 1 saturated heterocycles. The van der Waals surface area contributed by atoms with E-state index in [9.17, 15) is 14.4 Å². The van der Waals surface area contributed by atoms with E-state index in [1.165, 1.54) is 16.1 Å². The molecule has 0 unspecified atom stereocenters. The van der Waals surface area contributed by atoms with Gasteiger partial charge in [0, 0.05) is 18.5 Å². The van der Waals surface area contributed by atoms with Gasteiger partial charge < -0.3 is 9.73 Å². The molecule has 2 aliphatic rings. The number of benzene rings is 2. The van der Waals surface area contributed by atoms with Gasteiger partial charge in [-0.25, -0.2) is 0 Å².